The minimum absolute atomic E-state index is 0.289. The van der Waals surface area contributed by atoms with Gasteiger partial charge >= 0.3 is 5.97 Å². The topological polar surface area (TPSA) is 71.4 Å². The molecule has 4 nitrogen and oxygen atoms in total. The highest BCUT2D eigenvalue weighted by Crippen LogP contribution is 2.34. The van der Waals surface area contributed by atoms with Crippen molar-refractivity contribution in [2.24, 2.45) is 11.8 Å². The Morgan fingerprint density at radius 2 is 1.88 bits per heavy atom. The van der Waals surface area contributed by atoms with Crippen LogP contribution in [0.1, 0.15) is 46.5 Å². The number of carbonyl (C=O) groups is 1. The van der Waals surface area contributed by atoms with Gasteiger partial charge in [0.05, 0.1) is 16.9 Å². The Labute approximate surface area is 103 Å². The second-order valence-corrected chi connectivity index (χ2v) is 8.04. The summed E-state index contributed by atoms with van der Waals surface area (Å²) in [6.45, 7) is 5.73. The monoisotopic (exact) mass is 262 g/mol. The average Bonchev–Trinajstić information content (AvgIpc) is 2.20. The van der Waals surface area contributed by atoms with E-state index in [1.807, 2.05) is 0 Å². The van der Waals surface area contributed by atoms with Crippen molar-refractivity contribution in [2.45, 2.75) is 57.0 Å². The smallest absolute Gasteiger partial charge is 0.304 e. The Hall–Kier alpha value is -0.580. The number of rotatable bonds is 4. The molecule has 1 fully saturated rings. The number of carboxylic acids is 1. The highest BCUT2D eigenvalue weighted by Gasteiger charge is 2.36. The molecule has 1 aliphatic carbocycles. The molecule has 0 heterocycles. The van der Waals surface area contributed by atoms with Crippen molar-refractivity contribution >= 4 is 15.8 Å². The summed E-state index contributed by atoms with van der Waals surface area (Å²) in [5, 5.41) is 7.56. The molecule has 1 rings (SSSR count). The van der Waals surface area contributed by atoms with Crippen LogP contribution in [0.25, 0.3) is 0 Å². The first-order valence-corrected chi connectivity index (χ1v) is 7.80. The van der Waals surface area contributed by atoms with E-state index in [2.05, 4.69) is 13.8 Å². The Balaban J connectivity index is 2.74. The van der Waals surface area contributed by atoms with Crippen LogP contribution in [0.2, 0.25) is 0 Å². The fourth-order valence-electron chi connectivity index (χ4n) is 2.49. The van der Waals surface area contributed by atoms with Crippen molar-refractivity contribution in [1.82, 2.24) is 0 Å². The van der Waals surface area contributed by atoms with Gasteiger partial charge in [0.1, 0.15) is 0 Å². The van der Waals surface area contributed by atoms with Gasteiger partial charge in [-0.05, 0) is 38.0 Å². The fourth-order valence-corrected chi connectivity index (χ4v) is 4.56. The second-order valence-electron chi connectivity index (χ2n) is 5.39. The second kappa shape index (κ2) is 5.38. The molecule has 0 aromatic heterocycles. The lowest BCUT2D eigenvalue weighted by molar-refractivity contribution is -0.136. The molecule has 0 aliphatic heterocycles. The van der Waals surface area contributed by atoms with Gasteiger partial charge in [-0.2, -0.15) is 0 Å². The zero-order chi connectivity index (χ0) is 13.2. The molecular weight excluding hydrogens is 240 g/mol. The molecule has 0 bridgehead atoms. The van der Waals surface area contributed by atoms with Gasteiger partial charge in [-0.1, -0.05) is 13.8 Å². The summed E-state index contributed by atoms with van der Waals surface area (Å²) in [4.78, 5) is 10.6. The molecule has 0 aromatic rings. The highest BCUT2D eigenvalue weighted by molar-refractivity contribution is 7.92. The van der Waals surface area contributed by atoms with Crippen LogP contribution < -0.4 is 0 Å². The van der Waals surface area contributed by atoms with Crippen molar-refractivity contribution in [1.29, 1.82) is 0 Å². The summed E-state index contributed by atoms with van der Waals surface area (Å²) in [5.41, 5.74) is 0. The van der Waals surface area contributed by atoms with Crippen LogP contribution in [0, 0.1) is 11.8 Å². The number of sulfone groups is 1. The van der Waals surface area contributed by atoms with E-state index >= 15 is 0 Å². The van der Waals surface area contributed by atoms with Crippen LogP contribution in [0.4, 0.5) is 0 Å². The van der Waals surface area contributed by atoms with E-state index < -0.39 is 21.1 Å². The van der Waals surface area contributed by atoms with E-state index in [9.17, 15) is 13.2 Å². The number of hydrogen-bond donors (Lipinski definition) is 1. The summed E-state index contributed by atoms with van der Waals surface area (Å²) in [5.74, 6) is -0.0740. The summed E-state index contributed by atoms with van der Waals surface area (Å²) < 4.78 is 24.4. The first kappa shape index (κ1) is 14.5. The van der Waals surface area contributed by atoms with Crippen LogP contribution in [-0.4, -0.2) is 30.0 Å². The molecule has 1 N–H and O–H groups in total. The van der Waals surface area contributed by atoms with Crippen molar-refractivity contribution in [3.05, 3.63) is 0 Å². The van der Waals surface area contributed by atoms with Crippen molar-refractivity contribution in [3.8, 4) is 0 Å². The predicted octanol–water partition coefficient (Wildman–Crippen LogP) is 2.09. The van der Waals surface area contributed by atoms with Crippen LogP contribution in [0.3, 0.4) is 0 Å². The molecule has 0 aromatic carbocycles. The summed E-state index contributed by atoms with van der Waals surface area (Å²) in [6.07, 6.45) is 1.99. The summed E-state index contributed by atoms with van der Waals surface area (Å²) in [6, 6.07) is 0. The lowest BCUT2D eigenvalue weighted by Crippen LogP contribution is -2.37. The first-order valence-electron chi connectivity index (χ1n) is 6.19. The quantitative estimate of drug-likeness (QED) is 0.842. The van der Waals surface area contributed by atoms with Crippen molar-refractivity contribution < 1.29 is 18.3 Å². The van der Waals surface area contributed by atoms with Gasteiger partial charge in [0.2, 0.25) is 0 Å². The lowest BCUT2D eigenvalue weighted by atomic mass is 9.81. The molecule has 1 aliphatic rings. The molecule has 100 valence electrons. The molecule has 0 radical (unpaired) electrons. The molecule has 1 saturated carbocycles. The largest absolute Gasteiger partial charge is 0.481 e. The van der Waals surface area contributed by atoms with Crippen LogP contribution >= 0.6 is 0 Å². The van der Waals surface area contributed by atoms with E-state index in [1.54, 1.807) is 0 Å². The minimum Gasteiger partial charge on any atom is -0.481 e. The summed E-state index contributed by atoms with van der Waals surface area (Å²) in [7, 11) is -3.29. The SMILES string of the molecule is CC1CCC(S(=O)(=O)C(C)CC(=O)O)CC1C. The first-order chi connectivity index (χ1) is 7.75. The Kier molecular flexibility index (Phi) is 4.58. The standard InChI is InChI=1S/C12H22O4S/c1-8-4-5-11(6-9(8)2)17(15,16)10(3)7-12(13)14/h8-11H,4-7H2,1-3H3,(H,13,14). The molecule has 4 unspecified atom stereocenters. The molecule has 17 heavy (non-hydrogen) atoms. The molecule has 0 amide bonds. The van der Waals surface area contributed by atoms with Gasteiger partial charge in [-0.15, -0.1) is 0 Å². The molecule has 0 saturated heterocycles. The maximum Gasteiger partial charge on any atom is 0.304 e. The van der Waals surface area contributed by atoms with Crippen molar-refractivity contribution in [2.75, 3.05) is 0 Å². The highest BCUT2D eigenvalue weighted by atomic mass is 32.2. The Morgan fingerprint density at radius 1 is 1.29 bits per heavy atom. The van der Waals surface area contributed by atoms with E-state index in [4.69, 9.17) is 5.11 Å². The maximum atomic E-state index is 12.2. The summed E-state index contributed by atoms with van der Waals surface area (Å²) >= 11 is 0. The van der Waals surface area contributed by atoms with Crippen LogP contribution in [0.5, 0.6) is 0 Å². The fraction of sp³-hybridized carbons (Fsp3) is 0.917. The minimum atomic E-state index is -3.29. The average molecular weight is 262 g/mol. The van der Waals surface area contributed by atoms with Gasteiger partial charge in [-0.25, -0.2) is 8.42 Å². The van der Waals surface area contributed by atoms with E-state index in [-0.39, 0.29) is 11.7 Å². The zero-order valence-electron chi connectivity index (χ0n) is 10.7. The lowest BCUT2D eigenvalue weighted by Gasteiger charge is -2.33. The zero-order valence-corrected chi connectivity index (χ0v) is 11.5. The van der Waals surface area contributed by atoms with Crippen LogP contribution in [0.15, 0.2) is 0 Å². The third-order valence-corrected chi connectivity index (χ3v) is 6.68. The molecular formula is C12H22O4S. The van der Waals surface area contributed by atoms with E-state index in [0.29, 0.717) is 24.7 Å². The normalized spacial score (nSPS) is 32.1. The Morgan fingerprint density at radius 3 is 2.35 bits per heavy atom. The van der Waals surface area contributed by atoms with Gasteiger partial charge in [0.25, 0.3) is 0 Å². The van der Waals surface area contributed by atoms with E-state index in [1.165, 1.54) is 6.92 Å². The third kappa shape index (κ3) is 3.44. The van der Waals surface area contributed by atoms with Crippen LogP contribution in [-0.2, 0) is 14.6 Å². The molecule has 5 heteroatoms. The molecule has 4 atom stereocenters. The maximum absolute atomic E-state index is 12.2. The van der Waals surface area contributed by atoms with E-state index in [0.717, 1.165) is 6.42 Å². The predicted molar refractivity (Wildman–Crippen MR) is 66.6 cm³/mol. The van der Waals surface area contributed by atoms with Gasteiger partial charge in [0.15, 0.2) is 9.84 Å². The number of hydrogen-bond acceptors (Lipinski definition) is 3. The number of aliphatic carboxylic acids is 1. The van der Waals surface area contributed by atoms with Gasteiger partial charge in [0, 0.05) is 0 Å². The van der Waals surface area contributed by atoms with Gasteiger partial charge < -0.3 is 5.11 Å². The molecule has 0 spiro atoms. The Bertz CT molecular complexity index is 374. The third-order valence-electron chi connectivity index (χ3n) is 4.04. The number of carboxylic acid groups (broad SMARTS) is 1. The van der Waals surface area contributed by atoms with Gasteiger partial charge in [-0.3, -0.25) is 4.79 Å². The van der Waals surface area contributed by atoms with Crippen molar-refractivity contribution in [3.63, 3.8) is 0 Å².